The largest absolute Gasteiger partial charge is 0.391 e. The molecule has 0 spiro atoms. The first-order chi connectivity index (χ1) is 9.40. The van der Waals surface area contributed by atoms with Gasteiger partial charge in [0.25, 0.3) is 5.91 Å². The lowest BCUT2D eigenvalue weighted by molar-refractivity contribution is 0.0810. The van der Waals surface area contributed by atoms with E-state index in [-0.39, 0.29) is 12.5 Å². The minimum Gasteiger partial charge on any atom is -0.391 e. The molecule has 0 aliphatic rings. The van der Waals surface area contributed by atoms with E-state index in [4.69, 9.17) is 0 Å². The standard InChI is InChI=1S/C14H18F3NO2/c1-3-8(4-2)12(19)7-18-14(20)13-10(16)5-9(15)6-11(13)17/h5-6,8,12,19H,3-4,7H2,1-2H3,(H,18,20). The predicted molar refractivity (Wildman–Crippen MR) is 68.7 cm³/mol. The highest BCUT2D eigenvalue weighted by Gasteiger charge is 2.21. The minimum absolute atomic E-state index is 0.00166. The number of hydrogen-bond acceptors (Lipinski definition) is 2. The molecule has 0 aromatic heterocycles. The first kappa shape index (κ1) is 16.5. The van der Waals surface area contributed by atoms with Crippen LogP contribution in [0.1, 0.15) is 37.0 Å². The van der Waals surface area contributed by atoms with Crippen molar-refractivity contribution < 1.29 is 23.1 Å². The Morgan fingerprint density at radius 1 is 1.20 bits per heavy atom. The molecule has 1 aromatic rings. The highest BCUT2D eigenvalue weighted by molar-refractivity contribution is 5.94. The van der Waals surface area contributed by atoms with Crippen LogP contribution in [0.15, 0.2) is 12.1 Å². The molecule has 112 valence electrons. The van der Waals surface area contributed by atoms with Crippen LogP contribution in [0.2, 0.25) is 0 Å². The van der Waals surface area contributed by atoms with E-state index in [2.05, 4.69) is 5.32 Å². The number of aliphatic hydroxyl groups excluding tert-OH is 1. The lowest BCUT2D eigenvalue weighted by atomic mass is 9.96. The van der Waals surface area contributed by atoms with Crippen molar-refractivity contribution in [1.29, 1.82) is 0 Å². The molecule has 0 saturated carbocycles. The molecule has 0 heterocycles. The van der Waals surface area contributed by atoms with Crippen LogP contribution >= 0.6 is 0 Å². The van der Waals surface area contributed by atoms with Crippen LogP contribution in [0.3, 0.4) is 0 Å². The molecule has 0 bridgehead atoms. The van der Waals surface area contributed by atoms with Gasteiger partial charge < -0.3 is 10.4 Å². The summed E-state index contributed by atoms with van der Waals surface area (Å²) in [6, 6.07) is 0.880. The highest BCUT2D eigenvalue weighted by atomic mass is 19.1. The van der Waals surface area contributed by atoms with Crippen LogP contribution in [0, 0.1) is 23.4 Å². The van der Waals surface area contributed by atoms with Crippen molar-refractivity contribution in [2.45, 2.75) is 32.8 Å². The van der Waals surface area contributed by atoms with Crippen LogP contribution in [-0.4, -0.2) is 23.7 Å². The van der Waals surface area contributed by atoms with Gasteiger partial charge in [0.2, 0.25) is 0 Å². The fraction of sp³-hybridized carbons (Fsp3) is 0.500. The number of carbonyl (C=O) groups excluding carboxylic acids is 1. The van der Waals surface area contributed by atoms with E-state index in [0.29, 0.717) is 12.1 Å². The van der Waals surface area contributed by atoms with Crippen molar-refractivity contribution in [1.82, 2.24) is 5.32 Å². The maximum absolute atomic E-state index is 13.4. The van der Waals surface area contributed by atoms with Crippen LogP contribution in [-0.2, 0) is 0 Å². The number of aliphatic hydroxyl groups is 1. The van der Waals surface area contributed by atoms with Crippen molar-refractivity contribution >= 4 is 5.91 Å². The summed E-state index contributed by atoms with van der Waals surface area (Å²) >= 11 is 0. The lowest BCUT2D eigenvalue weighted by Gasteiger charge is -2.20. The second-order valence-corrected chi connectivity index (χ2v) is 4.60. The summed E-state index contributed by atoms with van der Waals surface area (Å²) in [6.07, 6.45) is 0.667. The first-order valence-electron chi connectivity index (χ1n) is 6.51. The van der Waals surface area contributed by atoms with Gasteiger partial charge >= 0.3 is 0 Å². The molecule has 0 aliphatic carbocycles. The summed E-state index contributed by atoms with van der Waals surface area (Å²) in [5.74, 6) is -4.63. The maximum atomic E-state index is 13.4. The van der Waals surface area contributed by atoms with Gasteiger partial charge in [0.05, 0.1) is 6.10 Å². The summed E-state index contributed by atoms with van der Waals surface area (Å²) in [5, 5.41) is 12.1. The van der Waals surface area contributed by atoms with Crippen molar-refractivity contribution in [3.63, 3.8) is 0 Å². The van der Waals surface area contributed by atoms with Gasteiger partial charge in [-0.25, -0.2) is 13.2 Å². The molecule has 0 saturated heterocycles. The van der Waals surface area contributed by atoms with Crippen molar-refractivity contribution in [2.75, 3.05) is 6.54 Å². The molecule has 1 rings (SSSR count). The smallest absolute Gasteiger partial charge is 0.257 e. The van der Waals surface area contributed by atoms with Gasteiger partial charge in [-0.15, -0.1) is 0 Å². The Kier molecular flexibility index (Phi) is 6.01. The maximum Gasteiger partial charge on any atom is 0.257 e. The van der Waals surface area contributed by atoms with Gasteiger partial charge in [0.15, 0.2) is 0 Å². The van der Waals surface area contributed by atoms with Crippen molar-refractivity contribution in [2.24, 2.45) is 5.92 Å². The van der Waals surface area contributed by atoms with Crippen molar-refractivity contribution in [3.05, 3.63) is 35.1 Å². The molecule has 2 N–H and O–H groups in total. The first-order valence-corrected chi connectivity index (χ1v) is 6.51. The number of rotatable bonds is 6. The Morgan fingerprint density at radius 3 is 2.15 bits per heavy atom. The molecule has 0 radical (unpaired) electrons. The molecule has 6 heteroatoms. The summed E-state index contributed by atoms with van der Waals surface area (Å²) < 4.78 is 39.5. The number of carbonyl (C=O) groups is 1. The number of halogens is 3. The third-order valence-electron chi connectivity index (χ3n) is 3.30. The van der Waals surface area contributed by atoms with Gasteiger partial charge in [-0.05, 0) is 5.92 Å². The molecular formula is C14H18F3NO2. The quantitative estimate of drug-likeness (QED) is 0.846. The van der Waals surface area contributed by atoms with Gasteiger partial charge in [-0.3, -0.25) is 4.79 Å². The zero-order chi connectivity index (χ0) is 15.3. The second-order valence-electron chi connectivity index (χ2n) is 4.60. The van der Waals surface area contributed by atoms with E-state index in [1.54, 1.807) is 0 Å². The molecule has 1 atom stereocenters. The Labute approximate surface area is 115 Å². The van der Waals surface area contributed by atoms with E-state index < -0.39 is 35.0 Å². The third kappa shape index (κ3) is 3.96. The number of hydrogen-bond donors (Lipinski definition) is 2. The zero-order valence-corrected chi connectivity index (χ0v) is 11.4. The van der Waals surface area contributed by atoms with E-state index >= 15 is 0 Å². The molecule has 20 heavy (non-hydrogen) atoms. The topological polar surface area (TPSA) is 49.3 Å². The van der Waals surface area contributed by atoms with E-state index in [1.807, 2.05) is 13.8 Å². The molecular weight excluding hydrogens is 271 g/mol. The van der Waals surface area contributed by atoms with Crippen LogP contribution in [0.5, 0.6) is 0 Å². The van der Waals surface area contributed by atoms with Gasteiger partial charge in [-0.2, -0.15) is 0 Å². The van der Waals surface area contributed by atoms with Crippen LogP contribution in [0.25, 0.3) is 0 Å². The van der Waals surface area contributed by atoms with Crippen molar-refractivity contribution in [3.8, 4) is 0 Å². The summed E-state index contributed by atoms with van der Waals surface area (Å²) in [5.41, 5.74) is -0.844. The second kappa shape index (κ2) is 7.28. The summed E-state index contributed by atoms with van der Waals surface area (Å²) in [7, 11) is 0. The average molecular weight is 289 g/mol. The SMILES string of the molecule is CCC(CC)C(O)CNC(=O)c1c(F)cc(F)cc1F. The number of nitrogens with one attached hydrogen (secondary N) is 1. The average Bonchev–Trinajstić information content (AvgIpc) is 2.36. The fourth-order valence-corrected chi connectivity index (χ4v) is 2.04. The van der Waals surface area contributed by atoms with E-state index in [1.165, 1.54) is 0 Å². The predicted octanol–water partition coefficient (Wildman–Crippen LogP) is 2.63. The Morgan fingerprint density at radius 2 is 1.70 bits per heavy atom. The van der Waals surface area contributed by atoms with E-state index in [9.17, 15) is 23.1 Å². The lowest BCUT2D eigenvalue weighted by Crippen LogP contribution is -2.36. The number of benzene rings is 1. The zero-order valence-electron chi connectivity index (χ0n) is 11.4. The third-order valence-corrected chi connectivity index (χ3v) is 3.30. The monoisotopic (exact) mass is 289 g/mol. The Hall–Kier alpha value is -1.56. The molecule has 1 unspecified atom stereocenters. The highest BCUT2D eigenvalue weighted by Crippen LogP contribution is 2.15. The fourth-order valence-electron chi connectivity index (χ4n) is 2.04. The Balaban J connectivity index is 2.73. The molecule has 3 nitrogen and oxygen atoms in total. The number of amides is 1. The Bertz CT molecular complexity index is 452. The van der Waals surface area contributed by atoms with Gasteiger partial charge in [-0.1, -0.05) is 26.7 Å². The normalized spacial score (nSPS) is 12.6. The van der Waals surface area contributed by atoms with Gasteiger partial charge in [0.1, 0.15) is 23.0 Å². The molecule has 1 aromatic carbocycles. The molecule has 0 aliphatic heterocycles. The van der Waals surface area contributed by atoms with Crippen LogP contribution in [0.4, 0.5) is 13.2 Å². The van der Waals surface area contributed by atoms with E-state index in [0.717, 1.165) is 12.8 Å². The summed E-state index contributed by atoms with van der Waals surface area (Å²) in [4.78, 5) is 11.7. The molecule has 1 amide bonds. The minimum atomic E-state index is -1.27. The molecule has 0 fully saturated rings. The van der Waals surface area contributed by atoms with Crippen LogP contribution < -0.4 is 5.32 Å². The van der Waals surface area contributed by atoms with Gasteiger partial charge in [0, 0.05) is 18.7 Å². The summed E-state index contributed by atoms with van der Waals surface area (Å²) in [6.45, 7) is 3.69.